The fraction of sp³-hybridized carbons (Fsp3) is 0.0714. The van der Waals surface area contributed by atoms with Crippen molar-refractivity contribution in [2.24, 2.45) is 0 Å². The molecule has 0 N–H and O–H groups in total. The quantitative estimate of drug-likeness (QED) is 0.309. The summed E-state index contributed by atoms with van der Waals surface area (Å²) in [5.41, 5.74) is 1.58. The highest BCUT2D eigenvalue weighted by molar-refractivity contribution is 14.1. The lowest BCUT2D eigenvalue weighted by Gasteiger charge is -2.08. The van der Waals surface area contributed by atoms with Gasteiger partial charge in [-0.3, -0.25) is 0 Å². The van der Waals surface area contributed by atoms with Crippen LogP contribution in [-0.2, 0) is 11.3 Å². The predicted octanol–water partition coefficient (Wildman–Crippen LogP) is 5.02. The first-order chi connectivity index (χ1) is 9.09. The SMILES string of the molecule is O=C(OCc1ccccc1)c1ccc(Br)c(I)c1I. The number of hydrogen-bond acceptors (Lipinski definition) is 2. The molecular formula is C14H9BrI2O2. The molecule has 19 heavy (non-hydrogen) atoms. The molecule has 2 rings (SSSR count). The van der Waals surface area contributed by atoms with E-state index in [1.165, 1.54) is 0 Å². The van der Waals surface area contributed by atoms with Gasteiger partial charge in [0.25, 0.3) is 0 Å². The highest BCUT2D eigenvalue weighted by Crippen LogP contribution is 2.27. The standard InChI is InChI=1S/C14H9BrI2O2/c15-11-7-6-10(12(16)13(11)17)14(18)19-8-9-4-2-1-3-5-9/h1-7H,8H2. The Hall–Kier alpha value is -0.150. The van der Waals surface area contributed by atoms with Crippen LogP contribution in [0.4, 0.5) is 0 Å². The van der Waals surface area contributed by atoms with Gasteiger partial charge >= 0.3 is 5.97 Å². The second-order valence-electron chi connectivity index (χ2n) is 3.78. The van der Waals surface area contributed by atoms with Gasteiger partial charge in [-0.15, -0.1) is 0 Å². The van der Waals surface area contributed by atoms with Gasteiger partial charge in [0.1, 0.15) is 6.61 Å². The van der Waals surface area contributed by atoms with Gasteiger partial charge in [-0.1, -0.05) is 30.3 Å². The third kappa shape index (κ3) is 3.91. The molecule has 0 aliphatic carbocycles. The molecule has 0 bridgehead atoms. The van der Waals surface area contributed by atoms with Crippen LogP contribution in [0.2, 0.25) is 0 Å². The molecule has 0 fully saturated rings. The zero-order chi connectivity index (χ0) is 13.8. The summed E-state index contributed by atoms with van der Waals surface area (Å²) < 4.78 is 8.24. The van der Waals surface area contributed by atoms with Crippen LogP contribution in [0.25, 0.3) is 0 Å². The van der Waals surface area contributed by atoms with E-state index < -0.39 is 0 Å². The fourth-order valence-corrected chi connectivity index (χ4v) is 3.35. The van der Waals surface area contributed by atoms with Gasteiger partial charge in [0.15, 0.2) is 0 Å². The molecule has 0 spiro atoms. The van der Waals surface area contributed by atoms with Crippen LogP contribution in [0, 0.1) is 7.14 Å². The van der Waals surface area contributed by atoms with E-state index in [1.807, 2.05) is 36.4 Å². The Labute approximate surface area is 147 Å². The molecule has 2 aromatic rings. The van der Waals surface area contributed by atoms with Gasteiger partial charge in [0, 0.05) is 11.6 Å². The van der Waals surface area contributed by atoms with Crippen molar-refractivity contribution in [2.45, 2.75) is 6.61 Å². The first-order valence-corrected chi connectivity index (χ1v) is 8.39. The number of ether oxygens (including phenoxy) is 1. The number of halogens is 3. The number of benzene rings is 2. The zero-order valence-corrected chi connectivity index (χ0v) is 15.6. The Bertz CT molecular complexity index is 600. The van der Waals surface area contributed by atoms with Crippen LogP contribution < -0.4 is 0 Å². The molecule has 0 heterocycles. The molecule has 0 unspecified atom stereocenters. The minimum Gasteiger partial charge on any atom is -0.457 e. The van der Waals surface area contributed by atoms with Crippen LogP contribution in [0.3, 0.4) is 0 Å². The number of esters is 1. The van der Waals surface area contributed by atoms with E-state index in [1.54, 1.807) is 6.07 Å². The van der Waals surface area contributed by atoms with E-state index in [9.17, 15) is 4.79 Å². The number of rotatable bonds is 3. The monoisotopic (exact) mass is 542 g/mol. The second-order valence-corrected chi connectivity index (χ2v) is 6.80. The third-order valence-corrected chi connectivity index (χ3v) is 7.14. The molecule has 0 saturated heterocycles. The number of hydrogen-bond donors (Lipinski definition) is 0. The summed E-state index contributed by atoms with van der Waals surface area (Å²) in [5.74, 6) is -0.293. The van der Waals surface area contributed by atoms with Crippen LogP contribution in [-0.4, -0.2) is 5.97 Å². The van der Waals surface area contributed by atoms with Gasteiger partial charge in [-0.05, 0) is 78.8 Å². The van der Waals surface area contributed by atoms with Gasteiger partial charge in [0.2, 0.25) is 0 Å². The first kappa shape index (κ1) is 15.2. The topological polar surface area (TPSA) is 26.3 Å². The number of carbonyl (C=O) groups excluding carboxylic acids is 1. The third-order valence-electron chi connectivity index (χ3n) is 2.47. The Kier molecular flexibility index (Phi) is 5.64. The van der Waals surface area contributed by atoms with E-state index in [4.69, 9.17) is 4.74 Å². The maximum Gasteiger partial charge on any atom is 0.339 e. The van der Waals surface area contributed by atoms with Gasteiger partial charge in [-0.25, -0.2) is 4.79 Å². The van der Waals surface area contributed by atoms with Gasteiger partial charge in [0.05, 0.1) is 5.56 Å². The number of carbonyl (C=O) groups is 1. The molecule has 0 atom stereocenters. The minimum absolute atomic E-state index is 0.293. The Morgan fingerprint density at radius 3 is 2.42 bits per heavy atom. The van der Waals surface area contributed by atoms with Crippen molar-refractivity contribution in [3.63, 3.8) is 0 Å². The van der Waals surface area contributed by atoms with Crippen LogP contribution in [0.1, 0.15) is 15.9 Å². The average Bonchev–Trinajstić information content (AvgIpc) is 2.43. The zero-order valence-electron chi connectivity index (χ0n) is 9.70. The highest BCUT2D eigenvalue weighted by atomic mass is 127. The average molecular weight is 543 g/mol. The Balaban J connectivity index is 2.11. The largest absolute Gasteiger partial charge is 0.457 e. The lowest BCUT2D eigenvalue weighted by atomic mass is 10.2. The molecule has 0 aliphatic heterocycles. The molecule has 98 valence electrons. The van der Waals surface area contributed by atoms with Crippen LogP contribution in [0.5, 0.6) is 0 Å². The lowest BCUT2D eigenvalue weighted by molar-refractivity contribution is 0.0471. The summed E-state index contributed by atoms with van der Waals surface area (Å²) in [6.45, 7) is 0.294. The van der Waals surface area contributed by atoms with Crippen molar-refractivity contribution >= 4 is 67.1 Å². The molecule has 0 amide bonds. The van der Waals surface area contributed by atoms with Crippen molar-refractivity contribution in [1.29, 1.82) is 0 Å². The van der Waals surface area contributed by atoms with E-state index in [-0.39, 0.29) is 5.97 Å². The van der Waals surface area contributed by atoms with Gasteiger partial charge < -0.3 is 4.74 Å². The summed E-state index contributed by atoms with van der Waals surface area (Å²) in [5, 5.41) is 0. The fourth-order valence-electron chi connectivity index (χ4n) is 1.48. The minimum atomic E-state index is -0.293. The van der Waals surface area contributed by atoms with Crippen LogP contribution >= 0.6 is 61.1 Å². The summed E-state index contributed by atoms with van der Waals surface area (Å²) >= 11 is 7.81. The Morgan fingerprint density at radius 2 is 1.74 bits per heavy atom. The molecule has 0 aliphatic rings. The maximum atomic E-state index is 12.1. The van der Waals surface area contributed by atoms with Crippen molar-refractivity contribution in [3.05, 3.63) is 65.2 Å². The van der Waals surface area contributed by atoms with Gasteiger partial charge in [-0.2, -0.15) is 0 Å². The smallest absolute Gasteiger partial charge is 0.339 e. The van der Waals surface area contributed by atoms with Crippen molar-refractivity contribution in [1.82, 2.24) is 0 Å². The Morgan fingerprint density at radius 1 is 1.05 bits per heavy atom. The molecular weight excluding hydrogens is 534 g/mol. The summed E-state index contributed by atoms with van der Waals surface area (Å²) in [7, 11) is 0. The molecule has 0 saturated carbocycles. The molecule has 2 aromatic carbocycles. The molecule has 0 aromatic heterocycles. The van der Waals surface area contributed by atoms with Crippen molar-refractivity contribution < 1.29 is 9.53 Å². The predicted molar refractivity (Wildman–Crippen MR) is 95.1 cm³/mol. The summed E-state index contributed by atoms with van der Waals surface area (Å²) in [6, 6.07) is 13.3. The van der Waals surface area contributed by atoms with E-state index in [0.717, 1.165) is 17.2 Å². The van der Waals surface area contributed by atoms with Crippen molar-refractivity contribution in [3.8, 4) is 0 Å². The summed E-state index contributed by atoms with van der Waals surface area (Å²) in [6.07, 6.45) is 0. The second kappa shape index (κ2) is 7.03. The van der Waals surface area contributed by atoms with Crippen molar-refractivity contribution in [2.75, 3.05) is 0 Å². The molecule has 2 nitrogen and oxygen atoms in total. The van der Waals surface area contributed by atoms with E-state index in [2.05, 4.69) is 61.1 Å². The van der Waals surface area contributed by atoms with Crippen LogP contribution in [0.15, 0.2) is 46.9 Å². The maximum absolute atomic E-state index is 12.1. The molecule has 0 radical (unpaired) electrons. The summed E-state index contributed by atoms with van der Waals surface area (Å²) in [4.78, 5) is 12.1. The normalized spacial score (nSPS) is 10.3. The highest BCUT2D eigenvalue weighted by Gasteiger charge is 2.15. The lowest BCUT2D eigenvalue weighted by Crippen LogP contribution is -2.08. The molecule has 5 heteroatoms. The first-order valence-electron chi connectivity index (χ1n) is 5.44. The van der Waals surface area contributed by atoms with E-state index in [0.29, 0.717) is 12.2 Å². The van der Waals surface area contributed by atoms with E-state index >= 15 is 0 Å².